The molecule has 0 radical (unpaired) electrons. The molecule has 0 spiro atoms. The van der Waals surface area contributed by atoms with Crippen LogP contribution in [0.15, 0.2) is 0 Å². The first-order valence-electron chi connectivity index (χ1n) is 7.76. The third-order valence-corrected chi connectivity index (χ3v) is 4.11. The van der Waals surface area contributed by atoms with Crippen LogP contribution in [0.1, 0.15) is 40.0 Å². The second kappa shape index (κ2) is 6.45. The van der Waals surface area contributed by atoms with Crippen molar-refractivity contribution in [1.29, 1.82) is 0 Å². The summed E-state index contributed by atoms with van der Waals surface area (Å²) in [6.07, 6.45) is 1.77. The number of hydrogen-bond acceptors (Lipinski definition) is 3. The van der Waals surface area contributed by atoms with E-state index in [4.69, 9.17) is 0 Å². The molecule has 0 saturated carbocycles. The van der Waals surface area contributed by atoms with E-state index in [9.17, 15) is 14.4 Å². The highest BCUT2D eigenvalue weighted by Crippen LogP contribution is 2.21. The molecule has 0 bridgehead atoms. The molecule has 118 valence electrons. The Labute approximate surface area is 125 Å². The van der Waals surface area contributed by atoms with E-state index >= 15 is 0 Å². The highest BCUT2D eigenvalue weighted by Gasteiger charge is 2.38. The molecule has 0 aromatic heterocycles. The van der Waals surface area contributed by atoms with Crippen LogP contribution < -0.4 is 10.6 Å². The monoisotopic (exact) mass is 295 g/mol. The standard InChI is InChI=1S/C15H25N3O3/c1-9(2)6-12-14(20)16-4-5-18(12)15(21)11-7-10(3)8-13(19)17-11/h9-12H,4-8H2,1-3H3,(H,16,20)(H,17,19)/t10-,11-,12?/m0/s1. The summed E-state index contributed by atoms with van der Waals surface area (Å²) in [5.74, 6) is 0.256. The molecule has 2 heterocycles. The summed E-state index contributed by atoms with van der Waals surface area (Å²) in [5.41, 5.74) is 0. The Morgan fingerprint density at radius 3 is 2.71 bits per heavy atom. The van der Waals surface area contributed by atoms with E-state index in [-0.39, 0.29) is 23.6 Å². The van der Waals surface area contributed by atoms with Gasteiger partial charge in [-0.15, -0.1) is 0 Å². The van der Waals surface area contributed by atoms with Crippen LogP contribution in [0.5, 0.6) is 0 Å². The fourth-order valence-electron chi connectivity index (χ4n) is 3.14. The summed E-state index contributed by atoms with van der Waals surface area (Å²) in [6, 6.07) is -0.901. The van der Waals surface area contributed by atoms with Gasteiger partial charge in [-0.25, -0.2) is 0 Å². The van der Waals surface area contributed by atoms with Crippen LogP contribution in [0, 0.1) is 11.8 Å². The van der Waals surface area contributed by atoms with Crippen LogP contribution in [0.3, 0.4) is 0 Å². The molecular formula is C15H25N3O3. The van der Waals surface area contributed by atoms with Gasteiger partial charge < -0.3 is 15.5 Å². The molecule has 2 fully saturated rings. The molecular weight excluding hydrogens is 270 g/mol. The second-order valence-electron chi connectivity index (χ2n) is 6.63. The number of nitrogens with zero attached hydrogens (tertiary/aromatic N) is 1. The SMILES string of the molecule is CC(C)CC1C(=O)NCCN1C(=O)[C@@H]1C[C@H](C)CC(=O)N1. The number of piperidine rings is 1. The maximum Gasteiger partial charge on any atom is 0.245 e. The normalized spacial score (nSPS) is 30.1. The molecule has 2 aliphatic heterocycles. The van der Waals surface area contributed by atoms with E-state index in [0.29, 0.717) is 38.3 Å². The zero-order valence-corrected chi connectivity index (χ0v) is 13.0. The smallest absolute Gasteiger partial charge is 0.245 e. The minimum Gasteiger partial charge on any atom is -0.353 e. The van der Waals surface area contributed by atoms with E-state index < -0.39 is 12.1 Å². The maximum absolute atomic E-state index is 12.7. The summed E-state index contributed by atoms with van der Waals surface area (Å²) < 4.78 is 0. The van der Waals surface area contributed by atoms with Gasteiger partial charge in [0.15, 0.2) is 0 Å². The summed E-state index contributed by atoms with van der Waals surface area (Å²) in [5, 5.41) is 5.59. The molecule has 2 saturated heterocycles. The van der Waals surface area contributed by atoms with Gasteiger partial charge in [-0.2, -0.15) is 0 Å². The van der Waals surface area contributed by atoms with Crippen LogP contribution in [0.25, 0.3) is 0 Å². The minimum atomic E-state index is -0.484. The maximum atomic E-state index is 12.7. The molecule has 2 aliphatic rings. The van der Waals surface area contributed by atoms with Crippen LogP contribution in [-0.4, -0.2) is 47.8 Å². The van der Waals surface area contributed by atoms with E-state index in [2.05, 4.69) is 10.6 Å². The van der Waals surface area contributed by atoms with Crippen LogP contribution in [-0.2, 0) is 14.4 Å². The predicted molar refractivity (Wildman–Crippen MR) is 78.3 cm³/mol. The first-order chi connectivity index (χ1) is 9.88. The Balaban J connectivity index is 2.11. The highest BCUT2D eigenvalue weighted by atomic mass is 16.2. The molecule has 1 unspecified atom stereocenters. The number of hydrogen-bond donors (Lipinski definition) is 2. The van der Waals surface area contributed by atoms with Crippen molar-refractivity contribution in [2.45, 2.75) is 52.1 Å². The van der Waals surface area contributed by atoms with Crippen molar-refractivity contribution in [2.75, 3.05) is 13.1 Å². The van der Waals surface area contributed by atoms with Gasteiger partial charge in [-0.05, 0) is 24.7 Å². The topological polar surface area (TPSA) is 78.5 Å². The summed E-state index contributed by atoms with van der Waals surface area (Å²) in [7, 11) is 0. The number of piperazine rings is 1. The van der Waals surface area contributed by atoms with Gasteiger partial charge in [0.2, 0.25) is 17.7 Å². The second-order valence-corrected chi connectivity index (χ2v) is 6.63. The average Bonchev–Trinajstić information content (AvgIpc) is 2.38. The Bertz CT molecular complexity index is 436. The van der Waals surface area contributed by atoms with Crippen molar-refractivity contribution in [3.8, 4) is 0 Å². The Hall–Kier alpha value is -1.59. The number of carbonyl (C=O) groups excluding carboxylic acids is 3. The lowest BCUT2D eigenvalue weighted by Crippen LogP contribution is -2.62. The average molecular weight is 295 g/mol. The molecule has 21 heavy (non-hydrogen) atoms. The summed E-state index contributed by atoms with van der Waals surface area (Å²) >= 11 is 0. The van der Waals surface area contributed by atoms with Crippen molar-refractivity contribution < 1.29 is 14.4 Å². The van der Waals surface area contributed by atoms with Crippen molar-refractivity contribution in [3.63, 3.8) is 0 Å². The molecule has 6 nitrogen and oxygen atoms in total. The third kappa shape index (κ3) is 3.74. The zero-order chi connectivity index (χ0) is 15.6. The highest BCUT2D eigenvalue weighted by molar-refractivity contribution is 5.93. The van der Waals surface area contributed by atoms with E-state index in [1.165, 1.54) is 0 Å². The Morgan fingerprint density at radius 2 is 2.10 bits per heavy atom. The van der Waals surface area contributed by atoms with Crippen LogP contribution in [0.2, 0.25) is 0 Å². The van der Waals surface area contributed by atoms with E-state index in [0.717, 1.165) is 0 Å². The molecule has 3 atom stereocenters. The number of nitrogens with one attached hydrogen (secondary N) is 2. The van der Waals surface area contributed by atoms with Gasteiger partial charge in [0, 0.05) is 19.5 Å². The quantitative estimate of drug-likeness (QED) is 0.784. The minimum absolute atomic E-state index is 0.0750. The largest absolute Gasteiger partial charge is 0.353 e. The van der Waals surface area contributed by atoms with Crippen molar-refractivity contribution in [1.82, 2.24) is 15.5 Å². The Morgan fingerprint density at radius 1 is 1.38 bits per heavy atom. The first-order valence-corrected chi connectivity index (χ1v) is 7.76. The Kier molecular flexibility index (Phi) is 4.85. The fourth-order valence-corrected chi connectivity index (χ4v) is 3.14. The van der Waals surface area contributed by atoms with E-state index in [1.807, 2.05) is 20.8 Å². The van der Waals surface area contributed by atoms with Gasteiger partial charge in [-0.1, -0.05) is 20.8 Å². The van der Waals surface area contributed by atoms with Gasteiger partial charge in [-0.3, -0.25) is 14.4 Å². The van der Waals surface area contributed by atoms with Gasteiger partial charge >= 0.3 is 0 Å². The van der Waals surface area contributed by atoms with Crippen LogP contribution in [0.4, 0.5) is 0 Å². The lowest BCUT2D eigenvalue weighted by Gasteiger charge is -2.39. The van der Waals surface area contributed by atoms with Gasteiger partial charge in [0.25, 0.3) is 0 Å². The van der Waals surface area contributed by atoms with Crippen molar-refractivity contribution in [3.05, 3.63) is 0 Å². The fraction of sp³-hybridized carbons (Fsp3) is 0.800. The molecule has 2 N–H and O–H groups in total. The molecule has 0 aromatic carbocycles. The zero-order valence-electron chi connectivity index (χ0n) is 13.0. The van der Waals surface area contributed by atoms with Crippen molar-refractivity contribution >= 4 is 17.7 Å². The molecule has 0 aromatic rings. The summed E-state index contributed by atoms with van der Waals surface area (Å²) in [6.45, 7) is 7.05. The number of rotatable bonds is 3. The number of carbonyl (C=O) groups is 3. The van der Waals surface area contributed by atoms with Gasteiger partial charge in [0.05, 0.1) is 0 Å². The van der Waals surface area contributed by atoms with E-state index in [1.54, 1.807) is 4.90 Å². The predicted octanol–water partition coefficient (Wildman–Crippen LogP) is 0.274. The number of amides is 3. The molecule has 2 rings (SSSR count). The molecule has 0 aliphatic carbocycles. The third-order valence-electron chi connectivity index (χ3n) is 4.11. The lowest BCUT2D eigenvalue weighted by molar-refractivity contribution is -0.147. The summed E-state index contributed by atoms with van der Waals surface area (Å²) in [4.78, 5) is 38.1. The van der Waals surface area contributed by atoms with Crippen molar-refractivity contribution in [2.24, 2.45) is 11.8 Å². The first kappa shape index (κ1) is 15.8. The van der Waals surface area contributed by atoms with Gasteiger partial charge in [0.1, 0.15) is 12.1 Å². The lowest BCUT2D eigenvalue weighted by atomic mass is 9.92. The molecule has 3 amide bonds. The van der Waals surface area contributed by atoms with Crippen LogP contribution >= 0.6 is 0 Å². The molecule has 6 heteroatoms.